The maximum Gasteiger partial charge on any atom is 0.160 e. The molecular weight excluding hydrogens is 230 g/mol. The van der Waals surface area contributed by atoms with Crippen molar-refractivity contribution in [2.45, 2.75) is 31.8 Å². The summed E-state index contributed by atoms with van der Waals surface area (Å²) >= 11 is 0. The Labute approximate surface area is 108 Å². The fourth-order valence-corrected chi connectivity index (χ4v) is 2.31. The number of ether oxygens (including phenoxy) is 2. The molecule has 0 aliphatic carbocycles. The van der Waals surface area contributed by atoms with Gasteiger partial charge in [-0.05, 0) is 19.5 Å². The summed E-state index contributed by atoms with van der Waals surface area (Å²) in [4.78, 5) is 9.01. The Morgan fingerprint density at radius 2 is 2.22 bits per heavy atom. The molecule has 0 spiro atoms. The second-order valence-corrected chi connectivity index (χ2v) is 4.45. The van der Waals surface area contributed by atoms with Gasteiger partial charge in [0.1, 0.15) is 5.60 Å². The first-order valence-corrected chi connectivity index (χ1v) is 6.55. The molecule has 1 fully saturated rings. The molecule has 18 heavy (non-hydrogen) atoms. The molecule has 1 aliphatic rings. The molecule has 1 aromatic heterocycles. The molecule has 0 bridgehead atoms. The number of rotatable bonds is 5. The minimum Gasteiger partial charge on any atom is -0.381 e. The number of aromatic nitrogens is 2. The van der Waals surface area contributed by atoms with Gasteiger partial charge in [0.15, 0.2) is 5.82 Å². The molecule has 0 unspecified atom stereocenters. The molecule has 5 heteroatoms. The van der Waals surface area contributed by atoms with Gasteiger partial charge in [-0.25, -0.2) is 9.97 Å². The van der Waals surface area contributed by atoms with E-state index in [9.17, 15) is 0 Å². The highest BCUT2D eigenvalue weighted by atomic mass is 16.5. The lowest BCUT2D eigenvalue weighted by Gasteiger charge is -2.35. The molecule has 5 nitrogen and oxygen atoms in total. The molecule has 0 aromatic carbocycles. The molecule has 0 radical (unpaired) electrons. The molecule has 0 saturated carbocycles. The van der Waals surface area contributed by atoms with Gasteiger partial charge in [0.25, 0.3) is 0 Å². The minimum absolute atomic E-state index is 0.377. The molecule has 1 aromatic rings. The highest BCUT2D eigenvalue weighted by molar-refractivity contribution is 5.10. The largest absolute Gasteiger partial charge is 0.381 e. The van der Waals surface area contributed by atoms with Gasteiger partial charge < -0.3 is 15.2 Å². The topological polar surface area (TPSA) is 70.3 Å². The van der Waals surface area contributed by atoms with Crippen LogP contribution in [0.2, 0.25) is 0 Å². The SMILES string of the molecule is CCOC1(c2nccc(CCN)n2)CCOCC1. The Kier molecular flexibility index (Phi) is 4.63. The average Bonchev–Trinajstić information content (AvgIpc) is 2.41. The fourth-order valence-electron chi connectivity index (χ4n) is 2.31. The number of nitrogens with zero attached hydrogens (tertiary/aromatic N) is 2. The van der Waals surface area contributed by atoms with Crippen LogP contribution in [0.4, 0.5) is 0 Å². The number of hydrogen-bond donors (Lipinski definition) is 1. The molecule has 2 N–H and O–H groups in total. The van der Waals surface area contributed by atoms with Gasteiger partial charge >= 0.3 is 0 Å². The minimum atomic E-state index is -0.377. The van der Waals surface area contributed by atoms with E-state index in [1.807, 2.05) is 13.0 Å². The Hall–Kier alpha value is -1.04. The fraction of sp³-hybridized carbons (Fsp3) is 0.692. The van der Waals surface area contributed by atoms with E-state index < -0.39 is 0 Å². The molecular formula is C13H21N3O2. The van der Waals surface area contributed by atoms with Crippen molar-refractivity contribution in [2.24, 2.45) is 5.73 Å². The highest BCUT2D eigenvalue weighted by Gasteiger charge is 2.38. The first kappa shape index (κ1) is 13.4. The normalized spacial score (nSPS) is 18.8. The molecule has 0 amide bonds. The van der Waals surface area contributed by atoms with E-state index in [0.29, 0.717) is 26.4 Å². The van der Waals surface area contributed by atoms with Gasteiger partial charge in [-0.15, -0.1) is 0 Å². The van der Waals surface area contributed by atoms with Gasteiger partial charge in [0.05, 0.1) is 0 Å². The van der Waals surface area contributed by atoms with E-state index in [1.165, 1.54) is 0 Å². The summed E-state index contributed by atoms with van der Waals surface area (Å²) in [6.45, 7) is 4.65. The van der Waals surface area contributed by atoms with Crippen LogP contribution in [-0.4, -0.2) is 36.3 Å². The lowest BCUT2D eigenvalue weighted by molar-refractivity contribution is -0.118. The predicted octanol–water partition coefficient (Wildman–Crippen LogP) is 1.02. The van der Waals surface area contributed by atoms with Crippen LogP contribution in [-0.2, 0) is 21.5 Å². The zero-order valence-electron chi connectivity index (χ0n) is 10.9. The van der Waals surface area contributed by atoms with Crippen LogP contribution >= 0.6 is 0 Å². The maximum atomic E-state index is 5.95. The van der Waals surface area contributed by atoms with E-state index in [-0.39, 0.29) is 5.60 Å². The van der Waals surface area contributed by atoms with Gasteiger partial charge in [-0.3, -0.25) is 0 Å². The standard InChI is InChI=1S/C13H21N3O2/c1-2-18-13(5-9-17-10-6-13)12-15-8-4-11(16-12)3-7-14/h4,8H,2-3,5-7,9-10,14H2,1H3. The molecule has 0 atom stereocenters. The van der Waals surface area contributed by atoms with Crippen LogP contribution < -0.4 is 5.73 Å². The Morgan fingerprint density at radius 3 is 2.89 bits per heavy atom. The molecule has 1 aliphatic heterocycles. The first-order chi connectivity index (χ1) is 8.80. The summed E-state index contributed by atoms with van der Waals surface area (Å²) < 4.78 is 11.4. The van der Waals surface area contributed by atoms with E-state index >= 15 is 0 Å². The van der Waals surface area contributed by atoms with Crippen molar-refractivity contribution < 1.29 is 9.47 Å². The van der Waals surface area contributed by atoms with Crippen LogP contribution in [0.5, 0.6) is 0 Å². The molecule has 100 valence electrons. The third-order valence-electron chi connectivity index (χ3n) is 3.24. The van der Waals surface area contributed by atoms with Crippen molar-refractivity contribution in [1.29, 1.82) is 0 Å². The van der Waals surface area contributed by atoms with Crippen molar-refractivity contribution in [3.05, 3.63) is 23.8 Å². The monoisotopic (exact) mass is 251 g/mol. The van der Waals surface area contributed by atoms with Crippen molar-refractivity contribution in [3.8, 4) is 0 Å². The third kappa shape index (κ3) is 2.85. The van der Waals surface area contributed by atoms with E-state index in [2.05, 4.69) is 9.97 Å². The second-order valence-electron chi connectivity index (χ2n) is 4.45. The zero-order chi connectivity index (χ0) is 12.8. The lowest BCUT2D eigenvalue weighted by Crippen LogP contribution is -2.38. The summed E-state index contributed by atoms with van der Waals surface area (Å²) in [5, 5.41) is 0. The highest BCUT2D eigenvalue weighted by Crippen LogP contribution is 2.33. The number of nitrogens with two attached hydrogens (primary N) is 1. The van der Waals surface area contributed by atoms with Crippen molar-refractivity contribution in [2.75, 3.05) is 26.4 Å². The Bertz CT molecular complexity index is 373. The van der Waals surface area contributed by atoms with E-state index in [0.717, 1.165) is 30.8 Å². The number of hydrogen-bond acceptors (Lipinski definition) is 5. The van der Waals surface area contributed by atoms with Crippen molar-refractivity contribution in [1.82, 2.24) is 9.97 Å². The Morgan fingerprint density at radius 1 is 1.44 bits per heavy atom. The van der Waals surface area contributed by atoms with E-state index in [1.54, 1.807) is 6.20 Å². The van der Waals surface area contributed by atoms with E-state index in [4.69, 9.17) is 15.2 Å². The predicted molar refractivity (Wildman–Crippen MR) is 68.1 cm³/mol. The van der Waals surface area contributed by atoms with Crippen LogP contribution in [0.15, 0.2) is 12.3 Å². The third-order valence-corrected chi connectivity index (χ3v) is 3.24. The summed E-state index contributed by atoms with van der Waals surface area (Å²) in [6.07, 6.45) is 4.19. The maximum absolute atomic E-state index is 5.95. The molecule has 1 saturated heterocycles. The van der Waals surface area contributed by atoms with Crippen LogP contribution in [0.1, 0.15) is 31.3 Å². The Balaban J connectivity index is 2.26. The summed E-state index contributed by atoms with van der Waals surface area (Å²) in [5.41, 5.74) is 6.17. The lowest BCUT2D eigenvalue weighted by atomic mass is 9.92. The van der Waals surface area contributed by atoms with Crippen LogP contribution in [0, 0.1) is 0 Å². The van der Waals surface area contributed by atoms with Gasteiger partial charge in [-0.2, -0.15) is 0 Å². The molecule has 2 rings (SSSR count). The quantitative estimate of drug-likeness (QED) is 0.846. The molecule has 2 heterocycles. The smallest absolute Gasteiger partial charge is 0.160 e. The first-order valence-electron chi connectivity index (χ1n) is 6.55. The van der Waals surface area contributed by atoms with Gasteiger partial charge in [0.2, 0.25) is 0 Å². The summed E-state index contributed by atoms with van der Waals surface area (Å²) in [7, 11) is 0. The average molecular weight is 251 g/mol. The van der Waals surface area contributed by atoms with Crippen LogP contribution in [0.25, 0.3) is 0 Å². The van der Waals surface area contributed by atoms with Crippen molar-refractivity contribution in [3.63, 3.8) is 0 Å². The summed E-state index contributed by atoms with van der Waals surface area (Å²) in [5.74, 6) is 0.776. The summed E-state index contributed by atoms with van der Waals surface area (Å²) in [6, 6.07) is 1.91. The van der Waals surface area contributed by atoms with Crippen molar-refractivity contribution >= 4 is 0 Å². The zero-order valence-corrected chi connectivity index (χ0v) is 10.9. The van der Waals surface area contributed by atoms with Crippen LogP contribution in [0.3, 0.4) is 0 Å². The van der Waals surface area contributed by atoms with Gasteiger partial charge in [0, 0.05) is 51.0 Å². The van der Waals surface area contributed by atoms with Gasteiger partial charge in [-0.1, -0.05) is 0 Å². The second kappa shape index (κ2) is 6.22.